The molecule has 1 fully saturated rings. The number of nitrogen functional groups attached to an aromatic ring is 1. The van der Waals surface area contributed by atoms with Crippen LogP contribution in [-0.2, 0) is 4.74 Å². The quantitative estimate of drug-likeness (QED) is 0.506. The summed E-state index contributed by atoms with van der Waals surface area (Å²) in [7, 11) is 1.40. The first-order chi connectivity index (χ1) is 10.1. The second-order valence-electron chi connectivity index (χ2n) is 4.65. The number of aliphatic hydroxyl groups is 3. The molecule has 1 saturated heterocycles. The maximum Gasteiger partial charge on any atom is 0.320 e. The number of aromatic nitrogens is 4. The number of rotatable bonds is 3. The summed E-state index contributed by atoms with van der Waals surface area (Å²) in [5.74, 6) is 0.127. The van der Waals surface area contributed by atoms with Crippen LogP contribution in [0.1, 0.15) is 6.23 Å². The minimum Gasteiger partial charge on any atom is -0.467 e. The van der Waals surface area contributed by atoms with Crippen LogP contribution in [0.25, 0.3) is 11.2 Å². The lowest BCUT2D eigenvalue weighted by atomic mass is 10.1. The summed E-state index contributed by atoms with van der Waals surface area (Å²) in [6, 6.07) is 0.0495. The summed E-state index contributed by atoms with van der Waals surface area (Å²) in [5.41, 5.74) is 6.39. The Morgan fingerprint density at radius 3 is 2.76 bits per heavy atom. The van der Waals surface area contributed by atoms with Crippen molar-refractivity contribution < 1.29 is 24.8 Å². The van der Waals surface area contributed by atoms with Crippen molar-refractivity contribution in [1.29, 1.82) is 0 Å². The van der Waals surface area contributed by atoms with Gasteiger partial charge >= 0.3 is 6.01 Å². The highest BCUT2D eigenvalue weighted by molar-refractivity contribution is 5.82. The fourth-order valence-corrected chi connectivity index (χ4v) is 2.30. The van der Waals surface area contributed by atoms with Crippen molar-refractivity contribution in [2.45, 2.75) is 24.5 Å². The van der Waals surface area contributed by atoms with Gasteiger partial charge in [-0.25, -0.2) is 4.98 Å². The van der Waals surface area contributed by atoms with Gasteiger partial charge in [-0.3, -0.25) is 4.57 Å². The molecule has 10 nitrogen and oxygen atoms in total. The summed E-state index contributed by atoms with van der Waals surface area (Å²) >= 11 is 0. The van der Waals surface area contributed by atoms with Gasteiger partial charge in [-0.1, -0.05) is 0 Å². The number of aliphatic hydroxyl groups excluding tert-OH is 3. The first-order valence-corrected chi connectivity index (χ1v) is 6.23. The Morgan fingerprint density at radius 2 is 2.14 bits per heavy atom. The van der Waals surface area contributed by atoms with Crippen LogP contribution >= 0.6 is 0 Å². The molecular weight excluding hydrogens is 282 g/mol. The Hall–Kier alpha value is -2.01. The van der Waals surface area contributed by atoms with Gasteiger partial charge < -0.3 is 30.5 Å². The van der Waals surface area contributed by atoms with Crippen molar-refractivity contribution in [3.63, 3.8) is 0 Å². The normalized spacial score (nSPS) is 29.1. The molecule has 21 heavy (non-hydrogen) atoms. The molecule has 0 spiro atoms. The number of nitrogens with zero attached hydrogens (tertiary/aromatic N) is 4. The van der Waals surface area contributed by atoms with E-state index in [1.54, 1.807) is 0 Å². The van der Waals surface area contributed by atoms with E-state index in [-0.39, 0.29) is 11.8 Å². The Morgan fingerprint density at radius 1 is 1.38 bits per heavy atom. The summed E-state index contributed by atoms with van der Waals surface area (Å²) in [4.78, 5) is 12.1. The molecule has 1 aliphatic heterocycles. The summed E-state index contributed by atoms with van der Waals surface area (Å²) in [6.07, 6.45) is -2.90. The van der Waals surface area contributed by atoms with E-state index in [1.807, 2.05) is 0 Å². The van der Waals surface area contributed by atoms with Crippen molar-refractivity contribution in [3.05, 3.63) is 6.33 Å². The second-order valence-corrected chi connectivity index (χ2v) is 4.65. The van der Waals surface area contributed by atoms with Crippen molar-refractivity contribution in [1.82, 2.24) is 19.5 Å². The third-order valence-electron chi connectivity index (χ3n) is 3.40. The van der Waals surface area contributed by atoms with E-state index in [0.29, 0.717) is 11.2 Å². The number of methoxy groups -OCH3 is 1. The lowest BCUT2D eigenvalue weighted by Crippen LogP contribution is -2.33. The largest absolute Gasteiger partial charge is 0.467 e. The molecule has 3 heterocycles. The number of ether oxygens (including phenoxy) is 2. The number of imidazole rings is 1. The zero-order chi connectivity index (χ0) is 15.1. The van der Waals surface area contributed by atoms with Crippen LogP contribution in [0.15, 0.2) is 6.33 Å². The molecule has 0 saturated carbocycles. The molecular formula is C11H15N5O5. The molecule has 1 aliphatic rings. The van der Waals surface area contributed by atoms with Crippen LogP contribution in [0.4, 0.5) is 5.82 Å². The first kappa shape index (κ1) is 13.9. The predicted octanol–water partition coefficient (Wildman–Crippen LogP) is -1.97. The Labute approximate surface area is 118 Å². The number of hydrogen-bond acceptors (Lipinski definition) is 9. The van der Waals surface area contributed by atoms with Crippen LogP contribution in [0, 0.1) is 0 Å². The Bertz CT molecular complexity index is 662. The lowest BCUT2D eigenvalue weighted by molar-refractivity contribution is -0.0511. The van der Waals surface area contributed by atoms with Gasteiger partial charge in [-0.2, -0.15) is 9.97 Å². The third kappa shape index (κ3) is 2.08. The molecule has 4 atom stereocenters. The van der Waals surface area contributed by atoms with E-state index in [0.717, 1.165) is 0 Å². The standard InChI is InChI=1S/C11H15N5O5/c1-20-11-14-8(12)5-9(15-11)16(3-13-5)10-7(19)6(18)4(2-17)21-10/h3-4,6-7,10,17-19H,2H2,1H3,(H2,12,14,15)/t4-,6-,7-,10-/m0/s1. The molecule has 3 rings (SSSR count). The molecule has 5 N–H and O–H groups in total. The molecule has 0 aliphatic carbocycles. The van der Waals surface area contributed by atoms with E-state index < -0.39 is 31.1 Å². The minimum atomic E-state index is -1.23. The number of anilines is 1. The van der Waals surface area contributed by atoms with Crippen molar-refractivity contribution >= 4 is 17.0 Å². The summed E-state index contributed by atoms with van der Waals surface area (Å²) < 4.78 is 11.8. The average Bonchev–Trinajstić information content (AvgIpc) is 3.02. The van der Waals surface area contributed by atoms with Crippen LogP contribution in [0.5, 0.6) is 6.01 Å². The Kier molecular flexibility index (Phi) is 3.37. The van der Waals surface area contributed by atoms with Gasteiger partial charge in [-0.05, 0) is 0 Å². The molecule has 0 radical (unpaired) electrons. The summed E-state index contributed by atoms with van der Waals surface area (Å²) in [6.45, 7) is -0.415. The first-order valence-electron chi connectivity index (χ1n) is 6.23. The van der Waals surface area contributed by atoms with E-state index in [9.17, 15) is 10.2 Å². The molecule has 0 bridgehead atoms. The van der Waals surface area contributed by atoms with Gasteiger partial charge in [0.05, 0.1) is 20.0 Å². The fourth-order valence-electron chi connectivity index (χ4n) is 2.30. The molecule has 2 aromatic rings. The van der Waals surface area contributed by atoms with Crippen LogP contribution in [0.3, 0.4) is 0 Å². The predicted molar refractivity (Wildman–Crippen MR) is 69.3 cm³/mol. The van der Waals surface area contributed by atoms with Gasteiger partial charge in [0, 0.05) is 0 Å². The van der Waals surface area contributed by atoms with E-state index in [4.69, 9.17) is 20.3 Å². The van der Waals surface area contributed by atoms with Crippen LogP contribution in [0.2, 0.25) is 0 Å². The number of fused-ring (bicyclic) bond motifs is 1. The molecule has 2 aromatic heterocycles. The zero-order valence-corrected chi connectivity index (χ0v) is 11.1. The van der Waals surface area contributed by atoms with Gasteiger partial charge in [0.15, 0.2) is 23.2 Å². The van der Waals surface area contributed by atoms with E-state index in [2.05, 4.69) is 15.0 Å². The van der Waals surface area contributed by atoms with Gasteiger partial charge in [0.25, 0.3) is 0 Å². The highest BCUT2D eigenvalue weighted by Crippen LogP contribution is 2.32. The minimum absolute atomic E-state index is 0.0495. The average molecular weight is 297 g/mol. The third-order valence-corrected chi connectivity index (χ3v) is 3.40. The highest BCUT2D eigenvalue weighted by atomic mass is 16.6. The monoisotopic (exact) mass is 297 g/mol. The number of hydrogen-bond donors (Lipinski definition) is 4. The molecule has 0 aromatic carbocycles. The SMILES string of the molecule is COc1nc(N)c2ncn([C@H]3O[C@@H](CO)[C@H](O)[C@@H]3O)c2n1. The Balaban J connectivity index is 2.07. The van der Waals surface area contributed by atoms with E-state index in [1.165, 1.54) is 18.0 Å². The smallest absolute Gasteiger partial charge is 0.320 e. The number of nitrogens with two attached hydrogens (primary N) is 1. The molecule has 0 unspecified atom stereocenters. The topological polar surface area (TPSA) is 149 Å². The van der Waals surface area contributed by atoms with Crippen molar-refractivity contribution in [2.75, 3.05) is 19.5 Å². The summed E-state index contributed by atoms with van der Waals surface area (Å²) in [5, 5.41) is 29.0. The van der Waals surface area contributed by atoms with Crippen molar-refractivity contribution in [2.24, 2.45) is 0 Å². The lowest BCUT2D eigenvalue weighted by Gasteiger charge is -2.16. The van der Waals surface area contributed by atoms with Crippen LogP contribution < -0.4 is 10.5 Å². The zero-order valence-electron chi connectivity index (χ0n) is 11.1. The molecule has 114 valence electrons. The second kappa shape index (κ2) is 5.07. The van der Waals surface area contributed by atoms with Crippen LogP contribution in [-0.4, -0.2) is 66.9 Å². The molecule has 10 heteroatoms. The van der Waals surface area contributed by atoms with E-state index >= 15 is 0 Å². The van der Waals surface area contributed by atoms with Gasteiger partial charge in [0.1, 0.15) is 18.3 Å². The molecule has 0 amide bonds. The maximum absolute atomic E-state index is 10.0. The highest BCUT2D eigenvalue weighted by Gasteiger charge is 2.44. The van der Waals surface area contributed by atoms with Gasteiger partial charge in [0.2, 0.25) is 0 Å². The van der Waals surface area contributed by atoms with Crippen molar-refractivity contribution in [3.8, 4) is 6.01 Å². The van der Waals surface area contributed by atoms with Gasteiger partial charge in [-0.15, -0.1) is 0 Å². The fraction of sp³-hybridized carbons (Fsp3) is 0.545. The maximum atomic E-state index is 10.0.